The Labute approximate surface area is 182 Å². The molecule has 0 aromatic carbocycles. The van der Waals surface area contributed by atoms with Gasteiger partial charge in [0.15, 0.2) is 0 Å². The number of rotatable bonds is 20. The molecule has 0 amide bonds. The van der Waals surface area contributed by atoms with Crippen LogP contribution in [0, 0.1) is 5.92 Å². The van der Waals surface area contributed by atoms with E-state index in [-0.39, 0.29) is 5.60 Å². The monoisotopic (exact) mass is 408 g/mol. The van der Waals surface area contributed by atoms with E-state index in [0.717, 1.165) is 25.9 Å². The molecule has 0 saturated heterocycles. The van der Waals surface area contributed by atoms with E-state index in [1.165, 1.54) is 116 Å². The van der Waals surface area contributed by atoms with Crippen molar-refractivity contribution < 1.29 is 9.84 Å². The molecule has 0 aromatic heterocycles. The van der Waals surface area contributed by atoms with Crippen LogP contribution in [0.4, 0.5) is 0 Å². The van der Waals surface area contributed by atoms with Crippen LogP contribution in [0.3, 0.4) is 0 Å². The summed E-state index contributed by atoms with van der Waals surface area (Å²) >= 11 is 0. The molecule has 0 aliphatic heterocycles. The highest BCUT2D eigenvalue weighted by Crippen LogP contribution is 2.39. The lowest BCUT2D eigenvalue weighted by Gasteiger charge is -2.39. The van der Waals surface area contributed by atoms with E-state index in [1.54, 1.807) is 6.26 Å². The van der Waals surface area contributed by atoms with Gasteiger partial charge in [-0.2, -0.15) is 0 Å². The molecule has 1 rings (SSSR count). The molecule has 172 valence electrons. The van der Waals surface area contributed by atoms with Crippen LogP contribution in [-0.2, 0) is 4.74 Å². The molecule has 1 aliphatic rings. The first-order chi connectivity index (χ1) is 14.2. The first-order valence-corrected chi connectivity index (χ1v) is 13.2. The number of aliphatic hydroxyl groups is 1. The van der Waals surface area contributed by atoms with Crippen LogP contribution in [-0.4, -0.2) is 17.3 Å². The van der Waals surface area contributed by atoms with Gasteiger partial charge in [-0.3, -0.25) is 0 Å². The van der Waals surface area contributed by atoms with Gasteiger partial charge >= 0.3 is 0 Å². The lowest BCUT2D eigenvalue weighted by molar-refractivity contribution is -0.0505. The van der Waals surface area contributed by atoms with Gasteiger partial charge in [-0.1, -0.05) is 116 Å². The van der Waals surface area contributed by atoms with Gasteiger partial charge in [-0.05, 0) is 38.0 Å². The average molecular weight is 409 g/mol. The van der Waals surface area contributed by atoms with Crippen LogP contribution in [0.2, 0.25) is 0 Å². The Morgan fingerprint density at radius 1 is 0.759 bits per heavy atom. The minimum absolute atomic E-state index is 0.369. The van der Waals surface area contributed by atoms with Crippen molar-refractivity contribution >= 4 is 0 Å². The number of hydrogen-bond acceptors (Lipinski definition) is 2. The zero-order chi connectivity index (χ0) is 21.0. The van der Waals surface area contributed by atoms with Crippen LogP contribution in [0.1, 0.15) is 142 Å². The summed E-state index contributed by atoms with van der Waals surface area (Å²) < 4.78 is 5.17. The summed E-state index contributed by atoms with van der Waals surface area (Å²) in [6.45, 7) is 6.67. The van der Waals surface area contributed by atoms with Gasteiger partial charge in [0.25, 0.3) is 0 Å². The van der Waals surface area contributed by atoms with Crippen molar-refractivity contribution in [2.24, 2.45) is 5.92 Å². The van der Waals surface area contributed by atoms with Gasteiger partial charge in [0.2, 0.25) is 0 Å². The quantitative estimate of drug-likeness (QED) is 0.161. The lowest BCUT2D eigenvalue weighted by atomic mass is 9.72. The molecule has 1 fully saturated rings. The topological polar surface area (TPSA) is 29.5 Å². The largest absolute Gasteiger partial charge is 0.502 e. The molecule has 0 aromatic rings. The van der Waals surface area contributed by atoms with Crippen molar-refractivity contribution in [3.05, 3.63) is 12.8 Å². The molecule has 1 N–H and O–H groups in total. The van der Waals surface area contributed by atoms with Crippen molar-refractivity contribution in [1.29, 1.82) is 0 Å². The molecule has 1 aliphatic carbocycles. The van der Waals surface area contributed by atoms with E-state index in [9.17, 15) is 5.11 Å². The van der Waals surface area contributed by atoms with Crippen LogP contribution in [0.25, 0.3) is 0 Å². The van der Waals surface area contributed by atoms with E-state index in [4.69, 9.17) is 4.74 Å². The summed E-state index contributed by atoms with van der Waals surface area (Å²) in [5.74, 6) is 0.571. The van der Waals surface area contributed by atoms with Crippen molar-refractivity contribution in [2.75, 3.05) is 6.61 Å². The van der Waals surface area contributed by atoms with E-state index in [1.807, 2.05) is 0 Å². The third kappa shape index (κ3) is 13.4. The maximum Gasteiger partial charge on any atom is 0.0873 e. The number of hydrogen-bond donors (Lipinski definition) is 1. The fourth-order valence-electron chi connectivity index (χ4n) is 5.15. The number of ether oxygens (including phenoxy) is 1. The van der Waals surface area contributed by atoms with E-state index >= 15 is 0 Å². The van der Waals surface area contributed by atoms with E-state index in [2.05, 4.69) is 13.5 Å². The Morgan fingerprint density at radius 2 is 1.24 bits per heavy atom. The predicted octanol–water partition coefficient (Wildman–Crippen LogP) is 8.72. The summed E-state index contributed by atoms with van der Waals surface area (Å²) in [4.78, 5) is 0. The molecule has 2 heteroatoms. The molecular formula is C27H52O2. The van der Waals surface area contributed by atoms with Crippen molar-refractivity contribution in [1.82, 2.24) is 0 Å². The van der Waals surface area contributed by atoms with Crippen molar-refractivity contribution in [3.8, 4) is 0 Å². The van der Waals surface area contributed by atoms with Gasteiger partial charge in [-0.15, -0.1) is 0 Å². The molecule has 1 atom stereocenters. The third-order valence-corrected chi connectivity index (χ3v) is 7.07. The summed E-state index contributed by atoms with van der Waals surface area (Å²) in [5, 5.41) is 11.6. The molecule has 2 nitrogen and oxygen atoms in total. The van der Waals surface area contributed by atoms with E-state index in [0.29, 0.717) is 5.92 Å². The predicted molar refractivity (Wildman–Crippen MR) is 127 cm³/mol. The van der Waals surface area contributed by atoms with Gasteiger partial charge in [0.05, 0.1) is 18.5 Å². The number of unbranched alkanes of at least 4 members (excludes halogenated alkanes) is 12. The van der Waals surface area contributed by atoms with Gasteiger partial charge in [-0.25, -0.2) is 0 Å². The normalized spacial score (nSPS) is 17.2. The second-order valence-electron chi connectivity index (χ2n) is 9.57. The van der Waals surface area contributed by atoms with Crippen molar-refractivity contribution in [2.45, 2.75) is 147 Å². The Bertz CT molecular complexity index is 362. The van der Waals surface area contributed by atoms with Crippen LogP contribution in [0.5, 0.6) is 0 Å². The SMILES string of the molecule is C=COCCCCCCCCCC(O)(CCCCCCCCC)C1CCCCC1. The zero-order valence-electron chi connectivity index (χ0n) is 19.8. The Kier molecular flexibility index (Phi) is 16.7. The fraction of sp³-hybridized carbons (Fsp3) is 0.926. The van der Waals surface area contributed by atoms with Gasteiger partial charge in [0.1, 0.15) is 0 Å². The minimum atomic E-state index is -0.369. The minimum Gasteiger partial charge on any atom is -0.502 e. The van der Waals surface area contributed by atoms with Crippen LogP contribution in [0.15, 0.2) is 12.8 Å². The Morgan fingerprint density at radius 3 is 1.76 bits per heavy atom. The highest BCUT2D eigenvalue weighted by molar-refractivity contribution is 4.88. The molecule has 1 unspecified atom stereocenters. The second-order valence-corrected chi connectivity index (χ2v) is 9.57. The summed E-state index contributed by atoms with van der Waals surface area (Å²) in [5.41, 5.74) is -0.369. The third-order valence-electron chi connectivity index (χ3n) is 7.07. The Hall–Kier alpha value is -0.500. The average Bonchev–Trinajstić information content (AvgIpc) is 2.75. The standard InChI is InChI=1S/C27H52O2/c1-3-5-6-7-9-12-18-23-27(28,26-21-16-15-17-22-26)24-19-13-10-8-11-14-20-25-29-4-2/h4,26,28H,2-3,5-25H2,1H3. The maximum atomic E-state index is 11.6. The van der Waals surface area contributed by atoms with Crippen LogP contribution < -0.4 is 0 Å². The first-order valence-electron chi connectivity index (χ1n) is 13.2. The molecular weight excluding hydrogens is 356 g/mol. The van der Waals surface area contributed by atoms with Gasteiger partial charge < -0.3 is 9.84 Å². The highest BCUT2D eigenvalue weighted by atomic mass is 16.5. The van der Waals surface area contributed by atoms with Crippen molar-refractivity contribution in [3.63, 3.8) is 0 Å². The van der Waals surface area contributed by atoms with Crippen LogP contribution >= 0.6 is 0 Å². The molecule has 29 heavy (non-hydrogen) atoms. The smallest absolute Gasteiger partial charge is 0.0873 e. The summed E-state index contributed by atoms with van der Waals surface area (Å²) in [6, 6.07) is 0. The second kappa shape index (κ2) is 18.3. The molecule has 0 heterocycles. The first kappa shape index (κ1) is 26.5. The lowest BCUT2D eigenvalue weighted by Crippen LogP contribution is -2.39. The fourth-order valence-corrected chi connectivity index (χ4v) is 5.15. The molecule has 0 bridgehead atoms. The summed E-state index contributed by atoms with van der Waals surface area (Å²) in [7, 11) is 0. The Balaban J connectivity index is 2.20. The molecule has 0 radical (unpaired) electrons. The van der Waals surface area contributed by atoms with E-state index < -0.39 is 0 Å². The zero-order valence-corrected chi connectivity index (χ0v) is 19.8. The molecule has 0 spiro atoms. The van der Waals surface area contributed by atoms with Gasteiger partial charge in [0, 0.05) is 0 Å². The maximum absolute atomic E-state index is 11.6. The molecule has 1 saturated carbocycles. The summed E-state index contributed by atoms with van der Waals surface area (Å²) in [6.07, 6.45) is 28.5. The highest BCUT2D eigenvalue weighted by Gasteiger charge is 2.35.